The third-order valence-electron chi connectivity index (χ3n) is 5.91. The van der Waals surface area contributed by atoms with Crippen molar-refractivity contribution >= 4 is 0 Å². The summed E-state index contributed by atoms with van der Waals surface area (Å²) in [6.45, 7) is 3.56. The number of hydrogen-bond acceptors (Lipinski definition) is 5. The van der Waals surface area contributed by atoms with E-state index >= 15 is 0 Å². The van der Waals surface area contributed by atoms with Crippen molar-refractivity contribution in [1.82, 2.24) is 9.88 Å². The lowest BCUT2D eigenvalue weighted by molar-refractivity contribution is -0.0713. The van der Waals surface area contributed by atoms with Gasteiger partial charge in [0.25, 0.3) is 0 Å². The fourth-order valence-electron chi connectivity index (χ4n) is 4.19. The fraction of sp³-hybridized carbons (Fsp3) is 0.458. The van der Waals surface area contributed by atoms with Crippen molar-refractivity contribution in [2.75, 3.05) is 40.0 Å². The number of aromatic nitrogens is 1. The number of piperidine rings is 3. The molecule has 2 bridgehead atoms. The number of ether oxygens (including phenoxy) is 2. The van der Waals surface area contributed by atoms with Gasteiger partial charge in [0.15, 0.2) is 0 Å². The van der Waals surface area contributed by atoms with Gasteiger partial charge in [-0.2, -0.15) is 0 Å². The molecular weight excluding hydrogens is 383 g/mol. The van der Waals surface area contributed by atoms with E-state index in [9.17, 15) is 9.50 Å². The van der Waals surface area contributed by atoms with Gasteiger partial charge in [0.2, 0.25) is 5.88 Å². The van der Waals surface area contributed by atoms with Gasteiger partial charge < -0.3 is 14.6 Å². The molecule has 5 nitrogen and oxygen atoms in total. The summed E-state index contributed by atoms with van der Waals surface area (Å²) in [5.74, 6) is 6.80. The van der Waals surface area contributed by atoms with Crippen LogP contribution in [0.15, 0.2) is 36.4 Å². The molecule has 0 amide bonds. The van der Waals surface area contributed by atoms with Crippen molar-refractivity contribution < 1.29 is 19.0 Å². The maximum atomic E-state index is 13.3. The lowest BCUT2D eigenvalue weighted by Crippen LogP contribution is -2.58. The van der Waals surface area contributed by atoms with E-state index in [1.807, 2.05) is 6.07 Å². The summed E-state index contributed by atoms with van der Waals surface area (Å²) in [7, 11) is 1.62. The molecule has 3 fully saturated rings. The van der Waals surface area contributed by atoms with Gasteiger partial charge in [-0.1, -0.05) is 24.0 Å². The number of benzene rings is 1. The molecule has 5 rings (SSSR count). The van der Waals surface area contributed by atoms with Crippen LogP contribution in [0.25, 0.3) is 0 Å². The summed E-state index contributed by atoms with van der Waals surface area (Å²) in [6.07, 6.45) is 2.47. The van der Waals surface area contributed by atoms with Gasteiger partial charge in [0.05, 0.1) is 12.3 Å². The van der Waals surface area contributed by atoms with Crippen LogP contribution in [-0.2, 0) is 11.2 Å². The Bertz CT molecular complexity index is 930. The van der Waals surface area contributed by atoms with E-state index in [0.717, 1.165) is 42.8 Å². The van der Waals surface area contributed by atoms with Crippen molar-refractivity contribution in [3.8, 4) is 17.7 Å². The Morgan fingerprint density at radius 3 is 2.60 bits per heavy atom. The topological polar surface area (TPSA) is 54.8 Å². The van der Waals surface area contributed by atoms with E-state index in [0.29, 0.717) is 32.1 Å². The zero-order valence-corrected chi connectivity index (χ0v) is 17.2. The van der Waals surface area contributed by atoms with Crippen molar-refractivity contribution in [2.24, 2.45) is 5.92 Å². The predicted molar refractivity (Wildman–Crippen MR) is 112 cm³/mol. The smallest absolute Gasteiger partial charge is 0.213 e. The van der Waals surface area contributed by atoms with E-state index in [4.69, 9.17) is 9.47 Å². The molecule has 0 aliphatic carbocycles. The standard InChI is InChI=1S/C24H27FN2O3/c1-29-14-15-30-23-7-4-19(22(26-23)16-18-2-5-21(25)6-3-18)8-11-24(28)17-27-12-9-20(24)10-13-27/h2-7,20,28H,9-10,12-17H2,1H3/t24-/m1/s1. The first-order valence-corrected chi connectivity index (χ1v) is 10.4. The predicted octanol–water partition coefficient (Wildman–Crippen LogP) is 2.64. The molecule has 0 saturated carbocycles. The fourth-order valence-corrected chi connectivity index (χ4v) is 4.19. The van der Waals surface area contributed by atoms with E-state index in [-0.39, 0.29) is 11.7 Å². The zero-order valence-electron chi connectivity index (χ0n) is 17.2. The van der Waals surface area contributed by atoms with Crippen LogP contribution in [0.3, 0.4) is 0 Å². The zero-order chi connectivity index (χ0) is 21.0. The molecule has 3 aliphatic rings. The Morgan fingerprint density at radius 2 is 1.93 bits per heavy atom. The first kappa shape index (κ1) is 20.8. The molecule has 4 heterocycles. The first-order chi connectivity index (χ1) is 14.6. The van der Waals surface area contributed by atoms with Crippen LogP contribution in [0.5, 0.6) is 5.88 Å². The molecule has 0 spiro atoms. The number of halogens is 1. The number of methoxy groups -OCH3 is 1. The second kappa shape index (κ2) is 9.13. The summed E-state index contributed by atoms with van der Waals surface area (Å²) in [5.41, 5.74) is 1.46. The number of rotatable bonds is 6. The summed E-state index contributed by atoms with van der Waals surface area (Å²) in [6, 6.07) is 10.0. The van der Waals surface area contributed by atoms with Gasteiger partial charge in [-0.05, 0) is 49.7 Å². The minimum atomic E-state index is -0.975. The molecule has 158 valence electrons. The maximum absolute atomic E-state index is 13.3. The molecule has 0 radical (unpaired) electrons. The van der Waals surface area contributed by atoms with Crippen LogP contribution in [0.2, 0.25) is 0 Å². The van der Waals surface area contributed by atoms with Gasteiger partial charge in [-0.25, -0.2) is 9.37 Å². The van der Waals surface area contributed by atoms with Crippen LogP contribution >= 0.6 is 0 Å². The van der Waals surface area contributed by atoms with Crippen LogP contribution in [-0.4, -0.2) is 60.5 Å². The van der Waals surface area contributed by atoms with Gasteiger partial charge in [-0.3, -0.25) is 4.90 Å². The highest BCUT2D eigenvalue weighted by Crippen LogP contribution is 2.35. The van der Waals surface area contributed by atoms with Gasteiger partial charge in [0.1, 0.15) is 18.0 Å². The Labute approximate surface area is 176 Å². The largest absolute Gasteiger partial charge is 0.475 e. The molecule has 3 aliphatic heterocycles. The molecule has 1 N–H and O–H groups in total. The Morgan fingerprint density at radius 1 is 1.17 bits per heavy atom. The monoisotopic (exact) mass is 410 g/mol. The summed E-state index contributed by atoms with van der Waals surface area (Å²) < 4.78 is 24.0. The number of pyridine rings is 1. The van der Waals surface area contributed by atoms with Crippen LogP contribution in [0.4, 0.5) is 4.39 Å². The second-order valence-corrected chi connectivity index (χ2v) is 8.01. The van der Waals surface area contributed by atoms with Gasteiger partial charge in [-0.15, -0.1) is 0 Å². The quantitative estimate of drug-likeness (QED) is 0.586. The van der Waals surface area contributed by atoms with E-state index in [1.165, 1.54) is 12.1 Å². The highest BCUT2D eigenvalue weighted by atomic mass is 19.1. The van der Waals surface area contributed by atoms with Crippen LogP contribution in [0.1, 0.15) is 29.7 Å². The summed E-state index contributed by atoms with van der Waals surface area (Å²) >= 11 is 0. The van der Waals surface area contributed by atoms with E-state index < -0.39 is 5.60 Å². The summed E-state index contributed by atoms with van der Waals surface area (Å²) in [4.78, 5) is 6.91. The van der Waals surface area contributed by atoms with Gasteiger partial charge in [0, 0.05) is 37.6 Å². The van der Waals surface area contributed by atoms with Crippen molar-refractivity contribution in [3.63, 3.8) is 0 Å². The van der Waals surface area contributed by atoms with Crippen molar-refractivity contribution in [2.45, 2.75) is 24.9 Å². The minimum Gasteiger partial charge on any atom is -0.475 e. The Hall–Kier alpha value is -2.46. The van der Waals surface area contributed by atoms with E-state index in [1.54, 1.807) is 25.3 Å². The number of nitrogens with zero attached hydrogens (tertiary/aromatic N) is 2. The SMILES string of the molecule is COCCOc1ccc(C#C[C@@]2(O)CN3CCC2CC3)c(Cc2ccc(F)cc2)n1. The Kier molecular flexibility index (Phi) is 6.33. The number of aliphatic hydroxyl groups is 1. The molecule has 1 atom stereocenters. The van der Waals surface area contributed by atoms with Crippen molar-refractivity contribution in [1.29, 1.82) is 0 Å². The van der Waals surface area contributed by atoms with Gasteiger partial charge >= 0.3 is 0 Å². The minimum absolute atomic E-state index is 0.222. The lowest BCUT2D eigenvalue weighted by atomic mass is 9.75. The number of hydrogen-bond donors (Lipinski definition) is 1. The molecular formula is C24H27FN2O3. The highest BCUT2D eigenvalue weighted by molar-refractivity contribution is 5.44. The average molecular weight is 410 g/mol. The maximum Gasteiger partial charge on any atom is 0.213 e. The molecule has 1 aromatic carbocycles. The number of fused-ring (bicyclic) bond motifs is 3. The third-order valence-corrected chi connectivity index (χ3v) is 5.91. The highest BCUT2D eigenvalue weighted by Gasteiger charge is 2.44. The first-order valence-electron chi connectivity index (χ1n) is 10.4. The molecule has 0 unspecified atom stereocenters. The van der Waals surface area contributed by atoms with E-state index in [2.05, 4.69) is 21.7 Å². The van der Waals surface area contributed by atoms with Crippen LogP contribution in [0, 0.1) is 23.6 Å². The molecule has 1 aromatic heterocycles. The third kappa shape index (κ3) is 4.81. The normalized spacial score (nSPS) is 24.9. The Balaban J connectivity index is 1.60. The summed E-state index contributed by atoms with van der Waals surface area (Å²) in [5, 5.41) is 11.1. The molecule has 6 heteroatoms. The molecule has 3 saturated heterocycles. The second-order valence-electron chi connectivity index (χ2n) is 8.01. The lowest BCUT2D eigenvalue weighted by Gasteiger charge is -2.47. The molecule has 2 aromatic rings. The van der Waals surface area contributed by atoms with Crippen molar-refractivity contribution in [3.05, 3.63) is 59.0 Å². The molecule has 30 heavy (non-hydrogen) atoms. The van der Waals surface area contributed by atoms with Crippen LogP contribution < -0.4 is 4.74 Å². The average Bonchev–Trinajstić information content (AvgIpc) is 2.76.